The third kappa shape index (κ3) is 3.86. The molecule has 2 rings (SSSR count). The van der Waals surface area contributed by atoms with Crippen LogP contribution in [-0.4, -0.2) is 13.0 Å². The number of aryl methyl sites for hydroxylation is 1. The summed E-state index contributed by atoms with van der Waals surface area (Å²) in [6, 6.07) is 8.55. The fourth-order valence-electron chi connectivity index (χ4n) is 1.99. The fraction of sp³-hybridized carbons (Fsp3) is 0.188. The van der Waals surface area contributed by atoms with E-state index in [-0.39, 0.29) is 12.3 Å². The lowest BCUT2D eigenvalue weighted by atomic mass is 10.1. The molecule has 0 aliphatic heterocycles. The van der Waals surface area contributed by atoms with E-state index in [4.69, 9.17) is 39.5 Å². The number of carbonyl (C=O) groups excluding carboxylic acids is 1. The van der Waals surface area contributed by atoms with Crippen molar-refractivity contribution in [2.75, 3.05) is 12.4 Å². The van der Waals surface area contributed by atoms with Gasteiger partial charge in [0, 0.05) is 21.1 Å². The van der Waals surface area contributed by atoms with E-state index in [1.807, 2.05) is 6.92 Å². The first-order chi connectivity index (χ1) is 10.4. The molecule has 3 nitrogen and oxygen atoms in total. The molecule has 0 saturated heterocycles. The molecule has 1 amide bonds. The molecule has 0 atom stereocenters. The maximum atomic E-state index is 12.2. The Morgan fingerprint density at radius 2 is 1.77 bits per heavy atom. The zero-order valence-electron chi connectivity index (χ0n) is 12.0. The molecule has 0 spiro atoms. The van der Waals surface area contributed by atoms with Crippen LogP contribution in [0.1, 0.15) is 11.1 Å². The summed E-state index contributed by atoms with van der Waals surface area (Å²) in [6.07, 6.45) is 0.0728. The van der Waals surface area contributed by atoms with Crippen LogP contribution < -0.4 is 10.1 Å². The Bertz CT molecular complexity index is 697. The summed E-state index contributed by atoms with van der Waals surface area (Å²) in [6.45, 7) is 1.85. The van der Waals surface area contributed by atoms with Gasteiger partial charge in [0.2, 0.25) is 5.91 Å². The minimum Gasteiger partial charge on any atom is -0.495 e. The van der Waals surface area contributed by atoms with E-state index in [0.717, 1.165) is 5.56 Å². The molecule has 0 saturated carbocycles. The van der Waals surface area contributed by atoms with Crippen molar-refractivity contribution >= 4 is 46.4 Å². The zero-order chi connectivity index (χ0) is 16.3. The lowest BCUT2D eigenvalue weighted by Crippen LogP contribution is -2.15. The van der Waals surface area contributed by atoms with Crippen molar-refractivity contribution < 1.29 is 9.53 Å². The molecular weight excluding hydrogens is 345 g/mol. The number of nitrogens with one attached hydrogen (secondary N) is 1. The molecule has 0 heterocycles. The highest BCUT2D eigenvalue weighted by Gasteiger charge is 2.14. The summed E-state index contributed by atoms with van der Waals surface area (Å²) >= 11 is 18.2. The second-order valence-corrected chi connectivity index (χ2v) is 5.95. The predicted octanol–water partition coefficient (Wildman–Crippen LogP) is 5.15. The molecule has 0 bridgehead atoms. The van der Waals surface area contributed by atoms with Gasteiger partial charge >= 0.3 is 0 Å². The molecule has 22 heavy (non-hydrogen) atoms. The summed E-state index contributed by atoms with van der Waals surface area (Å²) in [7, 11) is 1.52. The molecule has 2 aromatic carbocycles. The number of benzene rings is 2. The van der Waals surface area contributed by atoms with Crippen LogP contribution in [-0.2, 0) is 11.2 Å². The second kappa shape index (κ2) is 7.23. The molecule has 0 radical (unpaired) electrons. The SMILES string of the molecule is COc1cc(Cl)c(C)cc1NC(=O)Cc1c(Cl)cccc1Cl. The van der Waals surface area contributed by atoms with Gasteiger partial charge in [-0.1, -0.05) is 40.9 Å². The second-order valence-electron chi connectivity index (χ2n) is 4.73. The minimum absolute atomic E-state index is 0.0728. The molecule has 0 aromatic heterocycles. The third-order valence-electron chi connectivity index (χ3n) is 3.15. The first-order valence-corrected chi connectivity index (χ1v) is 7.62. The number of anilines is 1. The van der Waals surface area contributed by atoms with Crippen LogP contribution in [0.3, 0.4) is 0 Å². The smallest absolute Gasteiger partial charge is 0.229 e. The molecule has 6 heteroatoms. The van der Waals surface area contributed by atoms with Crippen LogP contribution in [0.4, 0.5) is 5.69 Å². The van der Waals surface area contributed by atoms with Crippen molar-refractivity contribution in [3.63, 3.8) is 0 Å². The van der Waals surface area contributed by atoms with Gasteiger partial charge in [-0.05, 0) is 36.2 Å². The van der Waals surface area contributed by atoms with Gasteiger partial charge in [-0.3, -0.25) is 4.79 Å². The fourth-order valence-corrected chi connectivity index (χ4v) is 2.67. The van der Waals surface area contributed by atoms with E-state index < -0.39 is 0 Å². The van der Waals surface area contributed by atoms with E-state index in [1.54, 1.807) is 30.3 Å². The average molecular weight is 359 g/mol. The van der Waals surface area contributed by atoms with E-state index in [1.165, 1.54) is 7.11 Å². The van der Waals surface area contributed by atoms with Gasteiger partial charge in [0.05, 0.1) is 19.2 Å². The molecule has 0 aliphatic carbocycles. The van der Waals surface area contributed by atoms with Gasteiger partial charge < -0.3 is 10.1 Å². The topological polar surface area (TPSA) is 38.3 Å². The Morgan fingerprint density at radius 1 is 1.14 bits per heavy atom. The Balaban J connectivity index is 2.21. The minimum atomic E-state index is -0.241. The van der Waals surface area contributed by atoms with Crippen molar-refractivity contribution in [3.8, 4) is 5.75 Å². The number of hydrogen-bond donors (Lipinski definition) is 1. The summed E-state index contributed by atoms with van der Waals surface area (Å²) in [4.78, 5) is 12.2. The number of methoxy groups -OCH3 is 1. The average Bonchev–Trinajstić information content (AvgIpc) is 2.46. The molecule has 116 valence electrons. The first-order valence-electron chi connectivity index (χ1n) is 6.49. The summed E-state index contributed by atoms with van der Waals surface area (Å²) in [5.74, 6) is 0.254. The van der Waals surface area contributed by atoms with Crippen LogP contribution >= 0.6 is 34.8 Å². The first kappa shape index (κ1) is 16.9. The van der Waals surface area contributed by atoms with Crippen molar-refractivity contribution in [1.29, 1.82) is 0 Å². The molecule has 0 aliphatic rings. The quantitative estimate of drug-likeness (QED) is 0.821. The summed E-state index contributed by atoms with van der Waals surface area (Å²) < 4.78 is 5.23. The third-order valence-corrected chi connectivity index (χ3v) is 4.27. The number of amides is 1. The Hall–Kier alpha value is -1.42. The molecule has 1 N–H and O–H groups in total. The Morgan fingerprint density at radius 3 is 2.36 bits per heavy atom. The van der Waals surface area contributed by atoms with Crippen molar-refractivity contribution in [2.45, 2.75) is 13.3 Å². The van der Waals surface area contributed by atoms with Crippen LogP contribution in [0.2, 0.25) is 15.1 Å². The van der Waals surface area contributed by atoms with Gasteiger partial charge in [0.1, 0.15) is 5.75 Å². The van der Waals surface area contributed by atoms with Gasteiger partial charge in [0.25, 0.3) is 0 Å². The molecule has 2 aromatic rings. The van der Waals surface area contributed by atoms with Gasteiger partial charge in [-0.2, -0.15) is 0 Å². The molecule has 0 unspecified atom stereocenters. The number of rotatable bonds is 4. The highest BCUT2D eigenvalue weighted by molar-refractivity contribution is 6.36. The van der Waals surface area contributed by atoms with Crippen molar-refractivity contribution in [3.05, 3.63) is 56.5 Å². The van der Waals surface area contributed by atoms with E-state index in [0.29, 0.717) is 32.1 Å². The standard InChI is InChI=1S/C16H14Cl3NO2/c1-9-6-14(15(22-2)8-13(9)19)20-16(21)7-10-11(17)4-3-5-12(10)18/h3-6,8H,7H2,1-2H3,(H,20,21). The maximum absolute atomic E-state index is 12.2. The van der Waals surface area contributed by atoms with Crippen LogP contribution in [0, 0.1) is 6.92 Å². The largest absolute Gasteiger partial charge is 0.495 e. The predicted molar refractivity (Wildman–Crippen MR) is 91.5 cm³/mol. The number of halogens is 3. The molecular formula is C16H14Cl3NO2. The van der Waals surface area contributed by atoms with Crippen LogP contribution in [0.15, 0.2) is 30.3 Å². The van der Waals surface area contributed by atoms with Gasteiger partial charge in [0.15, 0.2) is 0 Å². The lowest BCUT2D eigenvalue weighted by molar-refractivity contribution is -0.115. The van der Waals surface area contributed by atoms with E-state index in [2.05, 4.69) is 5.32 Å². The zero-order valence-corrected chi connectivity index (χ0v) is 14.3. The van der Waals surface area contributed by atoms with Crippen molar-refractivity contribution in [1.82, 2.24) is 0 Å². The Kier molecular flexibility index (Phi) is 5.57. The Labute approximate surface area is 144 Å². The summed E-state index contributed by atoms with van der Waals surface area (Å²) in [5, 5.41) is 4.29. The number of hydrogen-bond acceptors (Lipinski definition) is 2. The molecule has 0 fully saturated rings. The highest BCUT2D eigenvalue weighted by Crippen LogP contribution is 2.31. The van der Waals surface area contributed by atoms with E-state index >= 15 is 0 Å². The van der Waals surface area contributed by atoms with E-state index in [9.17, 15) is 4.79 Å². The van der Waals surface area contributed by atoms with Gasteiger partial charge in [-0.15, -0.1) is 0 Å². The van der Waals surface area contributed by atoms with Gasteiger partial charge in [-0.25, -0.2) is 0 Å². The number of carbonyl (C=O) groups is 1. The normalized spacial score (nSPS) is 10.4. The monoisotopic (exact) mass is 357 g/mol. The number of ether oxygens (including phenoxy) is 1. The van der Waals surface area contributed by atoms with Crippen molar-refractivity contribution in [2.24, 2.45) is 0 Å². The highest BCUT2D eigenvalue weighted by atomic mass is 35.5. The van der Waals surface area contributed by atoms with Crippen LogP contribution in [0.5, 0.6) is 5.75 Å². The lowest BCUT2D eigenvalue weighted by Gasteiger charge is -2.13. The van der Waals surface area contributed by atoms with Crippen LogP contribution in [0.25, 0.3) is 0 Å². The summed E-state index contributed by atoms with van der Waals surface area (Å²) in [5.41, 5.74) is 1.99. The maximum Gasteiger partial charge on any atom is 0.229 e.